The molecule has 0 heterocycles. The van der Waals surface area contributed by atoms with Gasteiger partial charge in [-0.25, -0.2) is 12.8 Å². The first-order valence-electron chi connectivity index (χ1n) is 12.7. The zero-order valence-electron chi connectivity index (χ0n) is 22.2. The van der Waals surface area contributed by atoms with Crippen LogP contribution in [0.15, 0.2) is 82.2 Å². The van der Waals surface area contributed by atoms with Crippen LogP contribution in [0.4, 0.5) is 10.1 Å². The summed E-state index contributed by atoms with van der Waals surface area (Å²) in [6.07, 6.45) is 1.03. The van der Waals surface area contributed by atoms with Crippen molar-refractivity contribution in [1.29, 1.82) is 0 Å². The molecule has 2 amide bonds. The van der Waals surface area contributed by atoms with Gasteiger partial charge >= 0.3 is 0 Å². The third-order valence-electron chi connectivity index (χ3n) is 6.20. The summed E-state index contributed by atoms with van der Waals surface area (Å²) in [5, 5.41) is 2.84. The number of hydrogen-bond acceptors (Lipinski definition) is 4. The highest BCUT2D eigenvalue weighted by atomic mass is 79.9. The lowest BCUT2D eigenvalue weighted by Crippen LogP contribution is -2.52. The van der Waals surface area contributed by atoms with E-state index in [2.05, 4.69) is 21.2 Å². The SMILES string of the molecule is CCCNC(=O)C(CC)N(Cc1ccc(F)cc1)C(=O)CN(c1ccc(Br)cc1)S(=O)(=O)c1ccc(C)cc1. The van der Waals surface area contributed by atoms with Crippen LogP contribution in [0.25, 0.3) is 0 Å². The number of nitrogens with zero attached hydrogens (tertiary/aromatic N) is 2. The average Bonchev–Trinajstić information content (AvgIpc) is 2.92. The Morgan fingerprint density at radius 1 is 0.949 bits per heavy atom. The largest absolute Gasteiger partial charge is 0.354 e. The van der Waals surface area contributed by atoms with Crippen LogP contribution in [0.1, 0.15) is 37.8 Å². The molecule has 39 heavy (non-hydrogen) atoms. The van der Waals surface area contributed by atoms with Gasteiger partial charge in [0.05, 0.1) is 10.6 Å². The normalized spacial score (nSPS) is 12.0. The molecular formula is C29H33BrFN3O4S. The van der Waals surface area contributed by atoms with Crippen molar-refractivity contribution >= 4 is 43.5 Å². The molecule has 1 atom stereocenters. The van der Waals surface area contributed by atoms with E-state index in [1.807, 2.05) is 13.8 Å². The fourth-order valence-electron chi connectivity index (χ4n) is 4.05. The summed E-state index contributed by atoms with van der Waals surface area (Å²) in [5.74, 6) is -1.31. The molecule has 0 saturated heterocycles. The second-order valence-electron chi connectivity index (χ2n) is 9.16. The van der Waals surface area contributed by atoms with E-state index in [-0.39, 0.29) is 17.3 Å². The van der Waals surface area contributed by atoms with E-state index in [4.69, 9.17) is 0 Å². The molecule has 3 rings (SSSR count). The van der Waals surface area contributed by atoms with Gasteiger partial charge in [0.1, 0.15) is 18.4 Å². The summed E-state index contributed by atoms with van der Waals surface area (Å²) in [6.45, 7) is 5.49. The number of anilines is 1. The Labute approximate surface area is 238 Å². The molecule has 0 saturated carbocycles. The molecule has 0 radical (unpaired) electrons. The second kappa shape index (κ2) is 13.7. The maximum absolute atomic E-state index is 13.9. The topological polar surface area (TPSA) is 86.8 Å². The molecule has 0 aliphatic rings. The number of benzene rings is 3. The van der Waals surface area contributed by atoms with Gasteiger partial charge < -0.3 is 10.2 Å². The van der Waals surface area contributed by atoms with Crippen molar-refractivity contribution in [2.75, 3.05) is 17.4 Å². The summed E-state index contributed by atoms with van der Waals surface area (Å²) in [6, 6.07) is 17.8. The molecule has 1 unspecified atom stereocenters. The Kier molecular flexibility index (Phi) is 10.7. The minimum Gasteiger partial charge on any atom is -0.354 e. The number of halogens is 2. The van der Waals surface area contributed by atoms with E-state index < -0.39 is 34.3 Å². The molecule has 3 aromatic carbocycles. The van der Waals surface area contributed by atoms with Crippen molar-refractivity contribution in [3.8, 4) is 0 Å². The number of sulfonamides is 1. The fourth-order valence-corrected chi connectivity index (χ4v) is 5.72. The number of aryl methyl sites for hydroxylation is 1. The Bertz CT molecular complexity index is 1370. The third-order valence-corrected chi connectivity index (χ3v) is 8.52. The number of hydrogen-bond donors (Lipinski definition) is 1. The molecule has 0 aromatic heterocycles. The standard InChI is InChI=1S/C29H33BrFN3O4S/c1-4-18-32-29(36)27(5-2)33(19-22-8-12-24(31)13-9-22)28(35)20-34(25-14-10-23(30)11-15-25)39(37,38)26-16-6-21(3)7-17-26/h6-17,27H,4-5,18-20H2,1-3H3,(H,32,36). The molecule has 7 nitrogen and oxygen atoms in total. The highest BCUT2D eigenvalue weighted by Crippen LogP contribution is 2.26. The van der Waals surface area contributed by atoms with Crippen molar-refractivity contribution in [3.63, 3.8) is 0 Å². The molecule has 3 aromatic rings. The zero-order valence-corrected chi connectivity index (χ0v) is 24.6. The molecular weight excluding hydrogens is 585 g/mol. The van der Waals surface area contributed by atoms with Gasteiger partial charge in [-0.2, -0.15) is 0 Å². The van der Waals surface area contributed by atoms with Crippen LogP contribution in [0, 0.1) is 12.7 Å². The number of amides is 2. The summed E-state index contributed by atoms with van der Waals surface area (Å²) in [7, 11) is -4.14. The quantitative estimate of drug-likeness (QED) is 0.294. The van der Waals surface area contributed by atoms with Crippen LogP contribution in [0.3, 0.4) is 0 Å². The molecule has 0 aliphatic carbocycles. The molecule has 208 valence electrons. The number of nitrogens with one attached hydrogen (secondary N) is 1. The van der Waals surface area contributed by atoms with Gasteiger partial charge in [-0.05, 0) is 73.9 Å². The van der Waals surface area contributed by atoms with Gasteiger partial charge in [0, 0.05) is 17.6 Å². The van der Waals surface area contributed by atoms with Gasteiger partial charge in [-0.15, -0.1) is 0 Å². The maximum Gasteiger partial charge on any atom is 0.264 e. The highest BCUT2D eigenvalue weighted by Gasteiger charge is 2.33. The Hall–Kier alpha value is -3.24. The molecule has 0 bridgehead atoms. The van der Waals surface area contributed by atoms with E-state index in [0.717, 1.165) is 20.8 Å². The lowest BCUT2D eigenvalue weighted by atomic mass is 10.1. The lowest BCUT2D eigenvalue weighted by Gasteiger charge is -2.33. The predicted molar refractivity (Wildman–Crippen MR) is 154 cm³/mol. The van der Waals surface area contributed by atoms with E-state index in [1.54, 1.807) is 55.5 Å². The third kappa shape index (κ3) is 7.89. The predicted octanol–water partition coefficient (Wildman–Crippen LogP) is 5.43. The minimum atomic E-state index is -4.14. The molecule has 10 heteroatoms. The van der Waals surface area contributed by atoms with Crippen LogP contribution < -0.4 is 9.62 Å². The van der Waals surface area contributed by atoms with Gasteiger partial charge in [0.15, 0.2) is 0 Å². The second-order valence-corrected chi connectivity index (χ2v) is 11.9. The molecule has 0 aliphatic heterocycles. The minimum absolute atomic E-state index is 0.00984. The van der Waals surface area contributed by atoms with Gasteiger partial charge in [-0.3, -0.25) is 13.9 Å². The van der Waals surface area contributed by atoms with Crippen molar-refractivity contribution in [2.24, 2.45) is 0 Å². The molecule has 1 N–H and O–H groups in total. The van der Waals surface area contributed by atoms with E-state index in [0.29, 0.717) is 24.2 Å². The van der Waals surface area contributed by atoms with Crippen LogP contribution in [-0.2, 0) is 26.2 Å². The van der Waals surface area contributed by atoms with Crippen molar-refractivity contribution < 1.29 is 22.4 Å². The number of carbonyl (C=O) groups excluding carboxylic acids is 2. The molecule has 0 fully saturated rings. The monoisotopic (exact) mass is 617 g/mol. The van der Waals surface area contributed by atoms with Gasteiger partial charge in [0.25, 0.3) is 10.0 Å². The van der Waals surface area contributed by atoms with E-state index in [9.17, 15) is 22.4 Å². The number of rotatable bonds is 12. The van der Waals surface area contributed by atoms with Crippen LogP contribution in [0.5, 0.6) is 0 Å². The van der Waals surface area contributed by atoms with Crippen LogP contribution in [-0.4, -0.2) is 44.3 Å². The summed E-state index contributed by atoms with van der Waals surface area (Å²) < 4.78 is 43.0. The first-order chi connectivity index (χ1) is 18.6. The Morgan fingerprint density at radius 3 is 2.13 bits per heavy atom. The first kappa shape index (κ1) is 30.3. The highest BCUT2D eigenvalue weighted by molar-refractivity contribution is 9.10. The summed E-state index contributed by atoms with van der Waals surface area (Å²) >= 11 is 3.36. The van der Waals surface area contributed by atoms with Crippen molar-refractivity contribution in [1.82, 2.24) is 10.2 Å². The summed E-state index contributed by atoms with van der Waals surface area (Å²) in [4.78, 5) is 28.4. The summed E-state index contributed by atoms with van der Waals surface area (Å²) in [5.41, 5.74) is 1.81. The van der Waals surface area contributed by atoms with Gasteiger partial charge in [-0.1, -0.05) is 59.6 Å². The smallest absolute Gasteiger partial charge is 0.264 e. The Morgan fingerprint density at radius 2 is 1.56 bits per heavy atom. The first-order valence-corrected chi connectivity index (χ1v) is 15.0. The Balaban J connectivity index is 2.03. The maximum atomic E-state index is 13.9. The van der Waals surface area contributed by atoms with Crippen LogP contribution >= 0.6 is 15.9 Å². The number of carbonyl (C=O) groups is 2. The van der Waals surface area contributed by atoms with Crippen molar-refractivity contribution in [2.45, 2.75) is 51.1 Å². The zero-order chi connectivity index (χ0) is 28.6. The van der Waals surface area contributed by atoms with Crippen LogP contribution in [0.2, 0.25) is 0 Å². The van der Waals surface area contributed by atoms with Crippen molar-refractivity contribution in [3.05, 3.63) is 94.2 Å². The fraction of sp³-hybridized carbons (Fsp3) is 0.310. The van der Waals surface area contributed by atoms with E-state index >= 15 is 0 Å². The van der Waals surface area contributed by atoms with E-state index in [1.165, 1.54) is 29.2 Å². The lowest BCUT2D eigenvalue weighted by molar-refractivity contribution is -0.140. The average molecular weight is 619 g/mol. The molecule has 0 spiro atoms. The van der Waals surface area contributed by atoms with Gasteiger partial charge in [0.2, 0.25) is 11.8 Å².